The molecule has 0 aliphatic rings. The molecule has 1 aromatic heterocycles. The molecule has 94 valence electrons. The zero-order chi connectivity index (χ0) is 13.1. The van der Waals surface area contributed by atoms with E-state index in [0.29, 0.717) is 5.69 Å². The average Bonchev–Trinajstić information content (AvgIpc) is 2.33. The first-order chi connectivity index (χ1) is 8.60. The summed E-state index contributed by atoms with van der Waals surface area (Å²) in [5.41, 5.74) is 1.02. The predicted molar refractivity (Wildman–Crippen MR) is 65.8 cm³/mol. The second-order valence-electron chi connectivity index (χ2n) is 3.47. The fourth-order valence-corrected chi connectivity index (χ4v) is 1.53. The van der Waals surface area contributed by atoms with Crippen molar-refractivity contribution in [1.82, 2.24) is 15.0 Å². The van der Waals surface area contributed by atoms with Crippen molar-refractivity contribution in [3.8, 4) is 6.01 Å². The minimum Gasteiger partial charge on any atom is -0.467 e. The molecule has 0 saturated heterocycles. The summed E-state index contributed by atoms with van der Waals surface area (Å²) >= 11 is 5.70. The molecule has 7 heteroatoms. The molecule has 0 amide bonds. The standard InChI is InChI=1S/C11H10ClFN4O/c1-6-4-3-5-7(13)8(6)14-10-15-9(12)16-11(17-10)18-2/h3-5H,1-2H3,(H,14,15,16,17). The van der Waals surface area contributed by atoms with E-state index in [1.807, 2.05) is 0 Å². The van der Waals surface area contributed by atoms with E-state index in [2.05, 4.69) is 20.3 Å². The van der Waals surface area contributed by atoms with E-state index >= 15 is 0 Å². The zero-order valence-electron chi connectivity index (χ0n) is 9.74. The van der Waals surface area contributed by atoms with Crippen LogP contribution < -0.4 is 10.1 Å². The number of aromatic nitrogens is 3. The fraction of sp³-hybridized carbons (Fsp3) is 0.182. The first-order valence-corrected chi connectivity index (χ1v) is 5.45. The van der Waals surface area contributed by atoms with Crippen LogP contribution in [0.15, 0.2) is 18.2 Å². The quantitative estimate of drug-likeness (QED) is 0.927. The normalized spacial score (nSPS) is 10.2. The number of hydrogen-bond donors (Lipinski definition) is 1. The summed E-state index contributed by atoms with van der Waals surface area (Å²) in [6.45, 7) is 1.77. The number of anilines is 2. The Labute approximate surface area is 108 Å². The van der Waals surface area contributed by atoms with Crippen LogP contribution in [-0.2, 0) is 0 Å². The Morgan fingerprint density at radius 2 is 2.06 bits per heavy atom. The molecule has 1 aromatic carbocycles. The van der Waals surface area contributed by atoms with Crippen molar-refractivity contribution in [1.29, 1.82) is 0 Å². The maximum atomic E-state index is 13.6. The summed E-state index contributed by atoms with van der Waals surface area (Å²) < 4.78 is 18.5. The lowest BCUT2D eigenvalue weighted by atomic mass is 10.2. The van der Waals surface area contributed by atoms with E-state index in [9.17, 15) is 4.39 Å². The number of nitrogens with zero attached hydrogens (tertiary/aromatic N) is 3. The van der Waals surface area contributed by atoms with Crippen LogP contribution in [-0.4, -0.2) is 22.1 Å². The van der Waals surface area contributed by atoms with Crippen molar-refractivity contribution < 1.29 is 9.13 Å². The fourth-order valence-electron chi connectivity index (χ4n) is 1.38. The van der Waals surface area contributed by atoms with Crippen molar-refractivity contribution >= 4 is 23.2 Å². The van der Waals surface area contributed by atoms with Crippen LogP contribution in [0, 0.1) is 12.7 Å². The van der Waals surface area contributed by atoms with Crippen molar-refractivity contribution in [2.75, 3.05) is 12.4 Å². The molecule has 1 N–H and O–H groups in total. The Morgan fingerprint density at radius 1 is 1.28 bits per heavy atom. The molecule has 2 rings (SSSR count). The number of nitrogens with one attached hydrogen (secondary N) is 1. The van der Waals surface area contributed by atoms with Gasteiger partial charge in [0.05, 0.1) is 12.8 Å². The first-order valence-electron chi connectivity index (χ1n) is 5.08. The van der Waals surface area contributed by atoms with E-state index in [-0.39, 0.29) is 17.2 Å². The highest BCUT2D eigenvalue weighted by atomic mass is 35.5. The Kier molecular flexibility index (Phi) is 3.57. The molecule has 0 aliphatic carbocycles. The summed E-state index contributed by atoms with van der Waals surface area (Å²) in [6, 6.07) is 4.80. The van der Waals surface area contributed by atoms with Crippen molar-refractivity contribution in [3.05, 3.63) is 34.9 Å². The first kappa shape index (κ1) is 12.5. The molecule has 5 nitrogen and oxygen atoms in total. The third kappa shape index (κ3) is 2.65. The monoisotopic (exact) mass is 268 g/mol. The SMILES string of the molecule is COc1nc(Cl)nc(Nc2c(C)cccc2F)n1. The highest BCUT2D eigenvalue weighted by Crippen LogP contribution is 2.22. The largest absolute Gasteiger partial charge is 0.467 e. The van der Waals surface area contributed by atoms with Crippen LogP contribution in [0.1, 0.15) is 5.56 Å². The van der Waals surface area contributed by atoms with Gasteiger partial charge in [-0.25, -0.2) is 4.39 Å². The third-order valence-corrected chi connectivity index (χ3v) is 2.40. The summed E-state index contributed by atoms with van der Waals surface area (Å²) in [4.78, 5) is 11.5. The number of methoxy groups -OCH3 is 1. The van der Waals surface area contributed by atoms with E-state index in [1.165, 1.54) is 13.2 Å². The number of para-hydroxylation sites is 1. The number of halogens is 2. The predicted octanol–water partition coefficient (Wildman–Crippen LogP) is 2.72. The lowest BCUT2D eigenvalue weighted by Crippen LogP contribution is -2.04. The lowest BCUT2D eigenvalue weighted by molar-refractivity contribution is 0.379. The van der Waals surface area contributed by atoms with Crippen molar-refractivity contribution in [3.63, 3.8) is 0 Å². The highest BCUT2D eigenvalue weighted by Gasteiger charge is 2.09. The number of aryl methyl sites for hydroxylation is 1. The van der Waals surface area contributed by atoms with Crippen LogP contribution in [0.2, 0.25) is 5.28 Å². The smallest absolute Gasteiger partial charge is 0.322 e. The zero-order valence-corrected chi connectivity index (χ0v) is 10.5. The van der Waals surface area contributed by atoms with Gasteiger partial charge in [-0.1, -0.05) is 12.1 Å². The Balaban J connectivity index is 2.37. The van der Waals surface area contributed by atoms with Crippen LogP contribution in [0.25, 0.3) is 0 Å². The highest BCUT2D eigenvalue weighted by molar-refractivity contribution is 6.28. The third-order valence-electron chi connectivity index (χ3n) is 2.23. The summed E-state index contributed by atoms with van der Waals surface area (Å²) in [6.07, 6.45) is 0. The lowest BCUT2D eigenvalue weighted by Gasteiger charge is -2.09. The molecule has 0 bridgehead atoms. The number of hydrogen-bond acceptors (Lipinski definition) is 5. The molecule has 0 spiro atoms. The van der Waals surface area contributed by atoms with Gasteiger partial charge >= 0.3 is 6.01 Å². The molecule has 0 aliphatic heterocycles. The van der Waals surface area contributed by atoms with Crippen molar-refractivity contribution in [2.45, 2.75) is 6.92 Å². The van der Waals surface area contributed by atoms with Gasteiger partial charge in [0.2, 0.25) is 11.2 Å². The summed E-state index contributed by atoms with van der Waals surface area (Å²) in [5.74, 6) is -0.273. The Bertz CT molecular complexity index is 559. The molecule has 0 fully saturated rings. The molecule has 1 heterocycles. The number of rotatable bonds is 3. The van der Waals surface area contributed by atoms with Gasteiger partial charge in [-0.05, 0) is 30.2 Å². The van der Waals surface area contributed by atoms with Gasteiger partial charge in [0, 0.05) is 0 Å². The molecule has 0 atom stereocenters. The van der Waals surface area contributed by atoms with Crippen LogP contribution in [0.3, 0.4) is 0 Å². The minimum absolute atomic E-state index is 0.0293. The van der Waals surface area contributed by atoms with E-state index in [1.54, 1.807) is 19.1 Å². The van der Waals surface area contributed by atoms with Gasteiger partial charge in [0.1, 0.15) is 5.82 Å². The molecule has 0 radical (unpaired) electrons. The molecular formula is C11H10ClFN4O. The minimum atomic E-state index is -0.398. The topological polar surface area (TPSA) is 59.9 Å². The van der Waals surface area contributed by atoms with E-state index in [4.69, 9.17) is 16.3 Å². The number of ether oxygens (including phenoxy) is 1. The van der Waals surface area contributed by atoms with Gasteiger partial charge in [-0.15, -0.1) is 0 Å². The molecule has 0 saturated carbocycles. The second kappa shape index (κ2) is 5.14. The maximum absolute atomic E-state index is 13.6. The average molecular weight is 269 g/mol. The van der Waals surface area contributed by atoms with Gasteiger partial charge < -0.3 is 10.1 Å². The number of benzene rings is 1. The van der Waals surface area contributed by atoms with E-state index < -0.39 is 5.82 Å². The van der Waals surface area contributed by atoms with Gasteiger partial charge in [0.15, 0.2) is 0 Å². The molecular weight excluding hydrogens is 259 g/mol. The van der Waals surface area contributed by atoms with Crippen LogP contribution in [0.5, 0.6) is 6.01 Å². The Morgan fingerprint density at radius 3 is 2.72 bits per heavy atom. The maximum Gasteiger partial charge on any atom is 0.322 e. The van der Waals surface area contributed by atoms with Gasteiger partial charge in [0.25, 0.3) is 0 Å². The van der Waals surface area contributed by atoms with E-state index in [0.717, 1.165) is 5.56 Å². The molecule has 2 aromatic rings. The van der Waals surface area contributed by atoms with Crippen molar-refractivity contribution in [2.24, 2.45) is 0 Å². The molecule has 0 unspecified atom stereocenters. The summed E-state index contributed by atoms with van der Waals surface area (Å²) in [7, 11) is 1.41. The second-order valence-corrected chi connectivity index (χ2v) is 3.81. The molecule has 18 heavy (non-hydrogen) atoms. The van der Waals surface area contributed by atoms with Gasteiger partial charge in [-0.3, -0.25) is 0 Å². The van der Waals surface area contributed by atoms with Gasteiger partial charge in [-0.2, -0.15) is 15.0 Å². The van der Waals surface area contributed by atoms with Crippen LogP contribution >= 0.6 is 11.6 Å². The Hall–Kier alpha value is -1.95. The van der Waals surface area contributed by atoms with Crippen LogP contribution in [0.4, 0.5) is 16.0 Å². The summed E-state index contributed by atoms with van der Waals surface area (Å²) in [5, 5.41) is 2.73.